The Labute approximate surface area is 156 Å². The molecule has 0 atom stereocenters. The lowest BCUT2D eigenvalue weighted by Crippen LogP contribution is -2.46. The number of thiazole rings is 1. The van der Waals surface area contributed by atoms with E-state index in [2.05, 4.69) is 29.0 Å². The van der Waals surface area contributed by atoms with Crippen LogP contribution < -0.4 is 10.2 Å². The van der Waals surface area contributed by atoms with Crippen LogP contribution in [0.1, 0.15) is 44.3 Å². The number of anilines is 1. The quantitative estimate of drug-likeness (QED) is 0.833. The maximum Gasteiger partial charge on any atom is 0.264 e. The Hall–Kier alpha value is -1.67. The zero-order chi connectivity index (χ0) is 18.8. The predicted octanol–water partition coefficient (Wildman–Crippen LogP) is 3.19. The Morgan fingerprint density at radius 2 is 1.84 bits per heavy atom. The maximum atomic E-state index is 12.6. The molecular weight excluding hydrogens is 356 g/mol. The molecule has 6 nitrogen and oxygen atoms in total. The van der Waals surface area contributed by atoms with Crippen molar-refractivity contribution in [2.75, 3.05) is 31.6 Å². The van der Waals surface area contributed by atoms with Gasteiger partial charge in [-0.15, -0.1) is 11.3 Å². The monoisotopic (exact) mass is 382 g/mol. The third kappa shape index (κ3) is 4.92. The van der Waals surface area contributed by atoms with E-state index in [1.54, 1.807) is 18.4 Å². The number of fused-ring (bicyclic) bond motifs is 1. The van der Waals surface area contributed by atoms with Gasteiger partial charge in [-0.25, -0.2) is 4.98 Å². The van der Waals surface area contributed by atoms with Crippen LogP contribution in [0, 0.1) is 0 Å². The van der Waals surface area contributed by atoms with Gasteiger partial charge < -0.3 is 15.1 Å². The van der Waals surface area contributed by atoms with Crippen molar-refractivity contribution in [1.82, 2.24) is 15.2 Å². The molecule has 0 fully saturated rings. The molecule has 2 rings (SSSR count). The standard InChI is InChI=1S/C17H26N4O2S2/c1-7-21(8-2)16-18-14-11(25-16)9-12(24-14)15(23)20(6)10-13(22)19-17(3,4)5/h9H,7-8,10H2,1-6H3,(H,19,22). The first-order valence-electron chi connectivity index (χ1n) is 8.36. The Morgan fingerprint density at radius 1 is 1.20 bits per heavy atom. The number of rotatable bonds is 6. The van der Waals surface area contributed by atoms with E-state index in [1.165, 1.54) is 16.2 Å². The molecular formula is C17H26N4O2S2. The first kappa shape index (κ1) is 19.7. The fourth-order valence-corrected chi connectivity index (χ4v) is 4.72. The predicted molar refractivity (Wildman–Crippen MR) is 106 cm³/mol. The van der Waals surface area contributed by atoms with Gasteiger partial charge in [0.25, 0.3) is 5.91 Å². The minimum Gasteiger partial charge on any atom is -0.350 e. The molecule has 25 heavy (non-hydrogen) atoms. The highest BCUT2D eigenvalue weighted by molar-refractivity contribution is 7.29. The van der Waals surface area contributed by atoms with Crippen LogP contribution in [-0.4, -0.2) is 53.9 Å². The van der Waals surface area contributed by atoms with Crippen LogP contribution >= 0.6 is 22.7 Å². The summed E-state index contributed by atoms with van der Waals surface area (Å²) in [5.74, 6) is -0.313. The van der Waals surface area contributed by atoms with Gasteiger partial charge in [0.05, 0.1) is 16.1 Å². The highest BCUT2D eigenvalue weighted by Crippen LogP contribution is 2.34. The molecule has 2 heterocycles. The minimum absolute atomic E-state index is 0.0414. The Balaban J connectivity index is 2.09. The number of hydrogen-bond donors (Lipinski definition) is 1. The van der Waals surface area contributed by atoms with Crippen molar-refractivity contribution in [3.8, 4) is 0 Å². The largest absolute Gasteiger partial charge is 0.350 e. The highest BCUT2D eigenvalue weighted by Gasteiger charge is 2.21. The number of carbonyl (C=O) groups excluding carboxylic acids is 2. The fraction of sp³-hybridized carbons (Fsp3) is 0.588. The Morgan fingerprint density at radius 3 is 2.36 bits per heavy atom. The smallest absolute Gasteiger partial charge is 0.264 e. The van der Waals surface area contributed by atoms with E-state index in [4.69, 9.17) is 0 Å². The molecule has 2 aromatic heterocycles. The normalized spacial score (nSPS) is 11.6. The molecule has 8 heteroatoms. The molecule has 2 aromatic rings. The zero-order valence-electron chi connectivity index (χ0n) is 15.7. The first-order valence-corrected chi connectivity index (χ1v) is 9.99. The van der Waals surface area contributed by atoms with E-state index in [0.717, 1.165) is 27.8 Å². The van der Waals surface area contributed by atoms with E-state index in [-0.39, 0.29) is 23.9 Å². The molecule has 138 valence electrons. The van der Waals surface area contributed by atoms with Crippen LogP contribution in [0.2, 0.25) is 0 Å². The Bertz CT molecular complexity index is 725. The molecule has 0 spiro atoms. The molecule has 0 aliphatic heterocycles. The maximum absolute atomic E-state index is 12.6. The first-order chi connectivity index (χ1) is 11.6. The number of aromatic nitrogens is 1. The summed E-state index contributed by atoms with van der Waals surface area (Å²) >= 11 is 2.98. The lowest BCUT2D eigenvalue weighted by molar-refractivity contribution is -0.122. The van der Waals surface area contributed by atoms with Gasteiger partial charge in [0.1, 0.15) is 4.83 Å². The zero-order valence-corrected chi connectivity index (χ0v) is 17.3. The van der Waals surface area contributed by atoms with E-state index in [9.17, 15) is 9.59 Å². The highest BCUT2D eigenvalue weighted by atomic mass is 32.1. The van der Waals surface area contributed by atoms with Gasteiger partial charge in [-0.2, -0.15) is 0 Å². The van der Waals surface area contributed by atoms with E-state index < -0.39 is 0 Å². The van der Waals surface area contributed by atoms with Crippen molar-refractivity contribution < 1.29 is 9.59 Å². The number of thiophene rings is 1. The fourth-order valence-electron chi connectivity index (χ4n) is 2.39. The number of hydrogen-bond acceptors (Lipinski definition) is 6. The molecule has 2 amide bonds. The van der Waals surface area contributed by atoms with Crippen LogP contribution in [0.3, 0.4) is 0 Å². The molecule has 0 saturated heterocycles. The van der Waals surface area contributed by atoms with Crippen molar-refractivity contribution in [2.24, 2.45) is 0 Å². The topological polar surface area (TPSA) is 65.5 Å². The van der Waals surface area contributed by atoms with E-state index >= 15 is 0 Å². The summed E-state index contributed by atoms with van der Waals surface area (Å²) in [6, 6.07) is 1.88. The molecule has 0 unspecified atom stereocenters. The number of likely N-dealkylation sites (N-methyl/N-ethyl adjacent to an activating group) is 1. The summed E-state index contributed by atoms with van der Waals surface area (Å²) < 4.78 is 1.02. The van der Waals surface area contributed by atoms with E-state index in [1.807, 2.05) is 26.8 Å². The second-order valence-electron chi connectivity index (χ2n) is 6.91. The van der Waals surface area contributed by atoms with Crippen molar-refractivity contribution >= 4 is 49.1 Å². The van der Waals surface area contributed by atoms with E-state index in [0.29, 0.717) is 4.88 Å². The van der Waals surface area contributed by atoms with Gasteiger partial charge in [0, 0.05) is 25.7 Å². The number of carbonyl (C=O) groups is 2. The van der Waals surface area contributed by atoms with Gasteiger partial charge in [0.2, 0.25) is 5.91 Å². The molecule has 0 aliphatic rings. The molecule has 0 aliphatic carbocycles. The second kappa shape index (κ2) is 7.70. The number of nitrogens with zero attached hydrogens (tertiary/aromatic N) is 3. The summed E-state index contributed by atoms with van der Waals surface area (Å²) in [5.41, 5.74) is -0.308. The van der Waals surface area contributed by atoms with Crippen molar-refractivity contribution in [3.63, 3.8) is 0 Å². The third-order valence-corrected chi connectivity index (χ3v) is 5.77. The SMILES string of the molecule is CCN(CC)c1nc2sc(C(=O)N(C)CC(=O)NC(C)(C)C)cc2s1. The van der Waals surface area contributed by atoms with Crippen LogP contribution in [-0.2, 0) is 4.79 Å². The summed E-state index contributed by atoms with van der Waals surface area (Å²) in [6.07, 6.45) is 0. The van der Waals surface area contributed by atoms with Crippen molar-refractivity contribution in [2.45, 2.75) is 40.2 Å². The molecule has 0 radical (unpaired) electrons. The number of amides is 2. The molecule has 0 aromatic carbocycles. The summed E-state index contributed by atoms with van der Waals surface area (Å²) in [6.45, 7) is 11.8. The molecule has 0 bridgehead atoms. The summed E-state index contributed by atoms with van der Waals surface area (Å²) in [5, 5.41) is 3.85. The lowest BCUT2D eigenvalue weighted by Gasteiger charge is -2.23. The van der Waals surface area contributed by atoms with Crippen LogP contribution in [0.15, 0.2) is 6.07 Å². The summed E-state index contributed by atoms with van der Waals surface area (Å²) in [7, 11) is 1.65. The van der Waals surface area contributed by atoms with Crippen molar-refractivity contribution in [1.29, 1.82) is 0 Å². The summed E-state index contributed by atoms with van der Waals surface area (Å²) in [4.78, 5) is 34.3. The van der Waals surface area contributed by atoms with Crippen molar-refractivity contribution in [3.05, 3.63) is 10.9 Å². The third-order valence-electron chi connectivity index (χ3n) is 3.56. The molecule has 1 N–H and O–H groups in total. The molecule has 0 saturated carbocycles. The van der Waals surface area contributed by atoms with Gasteiger partial charge in [-0.05, 0) is 40.7 Å². The van der Waals surface area contributed by atoms with Gasteiger partial charge in [0.15, 0.2) is 5.13 Å². The average Bonchev–Trinajstić information content (AvgIpc) is 3.04. The minimum atomic E-state index is -0.308. The van der Waals surface area contributed by atoms with Gasteiger partial charge in [-0.3, -0.25) is 9.59 Å². The van der Waals surface area contributed by atoms with Crippen LogP contribution in [0.4, 0.5) is 5.13 Å². The van der Waals surface area contributed by atoms with Gasteiger partial charge >= 0.3 is 0 Å². The Kier molecular flexibility index (Phi) is 6.05. The average molecular weight is 383 g/mol. The van der Waals surface area contributed by atoms with Gasteiger partial charge in [-0.1, -0.05) is 11.3 Å². The second-order valence-corrected chi connectivity index (χ2v) is 8.95. The number of nitrogens with one attached hydrogen (secondary N) is 1. The van der Waals surface area contributed by atoms with Crippen LogP contribution in [0.5, 0.6) is 0 Å². The lowest BCUT2D eigenvalue weighted by atomic mass is 10.1. The van der Waals surface area contributed by atoms with Crippen LogP contribution in [0.25, 0.3) is 9.53 Å².